The van der Waals surface area contributed by atoms with Gasteiger partial charge in [0.2, 0.25) is 0 Å². The van der Waals surface area contributed by atoms with Gasteiger partial charge in [-0.1, -0.05) is 23.2 Å². The molecule has 144 valence electrons. The Labute approximate surface area is 166 Å². The number of carbonyl (C=O) groups is 2. The van der Waals surface area contributed by atoms with E-state index in [0.717, 1.165) is 6.07 Å². The van der Waals surface area contributed by atoms with Gasteiger partial charge in [0, 0.05) is 10.0 Å². The number of hydrogen-bond donors (Lipinski definition) is 3. The number of amides is 2. The highest BCUT2D eigenvalue weighted by molar-refractivity contribution is 6.31. The molecule has 0 aliphatic heterocycles. The maximum atomic E-state index is 13.7. The van der Waals surface area contributed by atoms with Crippen LogP contribution in [0.25, 0.3) is 0 Å². The fourth-order valence-electron chi connectivity index (χ4n) is 2.37. The van der Waals surface area contributed by atoms with E-state index in [-0.39, 0.29) is 29.7 Å². The molecule has 0 saturated carbocycles. The molecular formula is C18H19Cl2FN3O3+. The second-order valence-electron chi connectivity index (χ2n) is 5.88. The van der Waals surface area contributed by atoms with Crippen molar-refractivity contribution in [3.63, 3.8) is 0 Å². The fourth-order valence-corrected chi connectivity index (χ4v) is 2.70. The highest BCUT2D eigenvalue weighted by Gasteiger charge is 2.17. The van der Waals surface area contributed by atoms with Crippen LogP contribution < -0.4 is 20.3 Å². The Kier molecular flexibility index (Phi) is 7.41. The van der Waals surface area contributed by atoms with E-state index < -0.39 is 11.7 Å². The molecular weight excluding hydrogens is 396 g/mol. The Morgan fingerprint density at radius 2 is 1.56 bits per heavy atom. The molecule has 2 amide bonds. The van der Waals surface area contributed by atoms with Crippen molar-refractivity contribution in [2.75, 3.05) is 37.9 Å². The number of methoxy groups -OCH3 is 1. The number of ether oxygens (including phenoxy) is 1. The van der Waals surface area contributed by atoms with E-state index in [0.29, 0.717) is 21.4 Å². The van der Waals surface area contributed by atoms with Gasteiger partial charge in [0.25, 0.3) is 11.8 Å². The normalized spacial score (nSPS) is 11.6. The minimum absolute atomic E-state index is 0.0200. The lowest BCUT2D eigenvalue weighted by molar-refractivity contribution is -0.862. The summed E-state index contributed by atoms with van der Waals surface area (Å²) in [6.07, 6.45) is 0. The van der Waals surface area contributed by atoms with Gasteiger partial charge in [-0.05, 0) is 36.4 Å². The first-order chi connectivity index (χ1) is 12.8. The molecule has 27 heavy (non-hydrogen) atoms. The second kappa shape index (κ2) is 9.55. The van der Waals surface area contributed by atoms with Crippen LogP contribution in [0.4, 0.5) is 15.8 Å². The van der Waals surface area contributed by atoms with Crippen LogP contribution in [0.5, 0.6) is 5.75 Å². The molecule has 2 rings (SSSR count). The third-order valence-corrected chi connectivity index (χ3v) is 4.04. The lowest BCUT2D eigenvalue weighted by atomic mass is 10.3. The molecule has 1 unspecified atom stereocenters. The van der Waals surface area contributed by atoms with E-state index in [4.69, 9.17) is 27.9 Å². The maximum Gasteiger partial charge on any atom is 0.279 e. The molecule has 0 aliphatic rings. The minimum atomic E-state index is -0.626. The van der Waals surface area contributed by atoms with Crippen LogP contribution in [-0.4, -0.2) is 39.1 Å². The molecule has 0 bridgehead atoms. The average Bonchev–Trinajstić information content (AvgIpc) is 2.57. The number of rotatable bonds is 7. The van der Waals surface area contributed by atoms with Crippen LogP contribution in [0, 0.1) is 5.82 Å². The average molecular weight is 415 g/mol. The smallest absolute Gasteiger partial charge is 0.279 e. The van der Waals surface area contributed by atoms with Crippen molar-refractivity contribution in [1.82, 2.24) is 0 Å². The molecule has 0 fully saturated rings. The van der Waals surface area contributed by atoms with Crippen LogP contribution in [0.1, 0.15) is 0 Å². The van der Waals surface area contributed by atoms with Crippen molar-refractivity contribution >= 4 is 46.4 Å². The minimum Gasteiger partial charge on any atom is -0.495 e. The van der Waals surface area contributed by atoms with Gasteiger partial charge in [0.05, 0.1) is 25.5 Å². The van der Waals surface area contributed by atoms with Gasteiger partial charge in [0.15, 0.2) is 13.1 Å². The molecule has 1 atom stereocenters. The topological polar surface area (TPSA) is 71.9 Å². The third-order valence-electron chi connectivity index (χ3n) is 3.57. The van der Waals surface area contributed by atoms with Gasteiger partial charge in [-0.25, -0.2) is 4.39 Å². The molecule has 0 aromatic heterocycles. The van der Waals surface area contributed by atoms with E-state index in [9.17, 15) is 14.0 Å². The van der Waals surface area contributed by atoms with E-state index in [1.165, 1.54) is 19.2 Å². The maximum absolute atomic E-state index is 13.7. The number of benzene rings is 2. The van der Waals surface area contributed by atoms with Crippen LogP contribution in [0.15, 0.2) is 36.4 Å². The second-order valence-corrected chi connectivity index (χ2v) is 6.75. The molecule has 6 nitrogen and oxygen atoms in total. The van der Waals surface area contributed by atoms with Crippen molar-refractivity contribution in [2.24, 2.45) is 0 Å². The Hall–Kier alpha value is -2.35. The number of halogens is 3. The lowest BCUT2D eigenvalue weighted by Crippen LogP contribution is -3.11. The van der Waals surface area contributed by atoms with Gasteiger partial charge in [0.1, 0.15) is 11.6 Å². The van der Waals surface area contributed by atoms with Crippen LogP contribution >= 0.6 is 23.2 Å². The van der Waals surface area contributed by atoms with Gasteiger partial charge in [-0.3, -0.25) is 9.59 Å². The van der Waals surface area contributed by atoms with E-state index in [1.54, 1.807) is 25.2 Å². The van der Waals surface area contributed by atoms with Crippen molar-refractivity contribution in [1.29, 1.82) is 0 Å². The first-order valence-electron chi connectivity index (χ1n) is 7.98. The molecule has 0 radical (unpaired) electrons. The van der Waals surface area contributed by atoms with Crippen molar-refractivity contribution in [3.8, 4) is 5.75 Å². The summed E-state index contributed by atoms with van der Waals surface area (Å²) in [7, 11) is 3.16. The van der Waals surface area contributed by atoms with Gasteiger partial charge in [-0.2, -0.15) is 0 Å². The summed E-state index contributed by atoms with van der Waals surface area (Å²) < 4.78 is 18.9. The number of carbonyl (C=O) groups excluding carboxylic acids is 2. The summed E-state index contributed by atoms with van der Waals surface area (Å²) in [6.45, 7) is -0.00560. The molecule has 0 saturated heterocycles. The molecule has 2 aromatic carbocycles. The van der Waals surface area contributed by atoms with Crippen molar-refractivity contribution in [2.45, 2.75) is 0 Å². The molecule has 0 heterocycles. The van der Waals surface area contributed by atoms with Gasteiger partial charge in [-0.15, -0.1) is 0 Å². The van der Waals surface area contributed by atoms with E-state index in [1.807, 2.05) is 0 Å². The molecule has 2 aromatic rings. The van der Waals surface area contributed by atoms with Crippen molar-refractivity contribution in [3.05, 3.63) is 52.3 Å². The lowest BCUT2D eigenvalue weighted by Gasteiger charge is -2.15. The Morgan fingerprint density at radius 3 is 2.15 bits per heavy atom. The molecule has 9 heteroatoms. The summed E-state index contributed by atoms with van der Waals surface area (Å²) in [5.74, 6) is -0.902. The molecule has 3 N–H and O–H groups in total. The Morgan fingerprint density at radius 1 is 1.00 bits per heavy atom. The Bertz CT molecular complexity index is 849. The fraction of sp³-hybridized carbons (Fsp3) is 0.222. The zero-order chi connectivity index (χ0) is 20.0. The standard InChI is InChI=1S/C18H18Cl2FN3O3/c1-24(9-17(25)22-14-5-3-11(19)7-13(14)21)10-18(26)23-15-8-12(20)4-6-16(15)27-2/h3-8H,9-10H2,1-2H3,(H,22,25)(H,23,26)/p+1. The third kappa shape index (κ3) is 6.39. The number of nitrogens with one attached hydrogen (secondary N) is 3. The SMILES string of the molecule is COc1ccc(Cl)cc1NC(=O)C[NH+](C)CC(=O)Nc1ccc(Cl)cc1F. The summed E-state index contributed by atoms with van der Waals surface area (Å²) in [5, 5.41) is 5.84. The molecule has 0 aliphatic carbocycles. The van der Waals surface area contributed by atoms with E-state index >= 15 is 0 Å². The molecule has 0 spiro atoms. The quantitative estimate of drug-likeness (QED) is 0.650. The first kappa shape index (κ1) is 21.0. The highest BCUT2D eigenvalue weighted by atomic mass is 35.5. The largest absolute Gasteiger partial charge is 0.495 e. The summed E-state index contributed by atoms with van der Waals surface area (Å²) in [4.78, 5) is 24.9. The summed E-state index contributed by atoms with van der Waals surface area (Å²) >= 11 is 11.6. The number of hydrogen-bond acceptors (Lipinski definition) is 3. The number of anilines is 2. The zero-order valence-corrected chi connectivity index (χ0v) is 16.2. The monoisotopic (exact) mass is 414 g/mol. The number of quaternary nitrogens is 1. The van der Waals surface area contributed by atoms with Crippen LogP contribution in [0.3, 0.4) is 0 Å². The predicted molar refractivity (Wildman–Crippen MR) is 103 cm³/mol. The predicted octanol–water partition coefficient (Wildman–Crippen LogP) is 2.23. The Balaban J connectivity index is 1.89. The first-order valence-corrected chi connectivity index (χ1v) is 8.73. The van der Waals surface area contributed by atoms with E-state index in [2.05, 4.69) is 10.6 Å². The summed E-state index contributed by atoms with van der Waals surface area (Å²) in [6, 6.07) is 8.82. The van der Waals surface area contributed by atoms with Gasteiger partial charge >= 0.3 is 0 Å². The number of likely N-dealkylation sites (N-methyl/N-ethyl adjacent to an activating group) is 1. The zero-order valence-electron chi connectivity index (χ0n) is 14.7. The van der Waals surface area contributed by atoms with Crippen LogP contribution in [-0.2, 0) is 9.59 Å². The van der Waals surface area contributed by atoms with Crippen LogP contribution in [0.2, 0.25) is 10.0 Å². The van der Waals surface area contributed by atoms with Gasteiger partial charge < -0.3 is 20.3 Å². The summed E-state index contributed by atoms with van der Waals surface area (Å²) in [5.41, 5.74) is 0.473. The van der Waals surface area contributed by atoms with Crippen molar-refractivity contribution < 1.29 is 23.6 Å². The highest BCUT2D eigenvalue weighted by Crippen LogP contribution is 2.27.